The number of nitrogens with one attached hydrogen (secondary N) is 1. The number of likely N-dealkylation sites (N-methyl/N-ethyl adjacent to an activating group) is 1. The molecule has 2 aromatic carbocycles. The lowest BCUT2D eigenvalue weighted by atomic mass is 9.74. The third kappa shape index (κ3) is 4.25. The SMILES string of the molecule is COC(=O)c1ccc(CC2(c3ccccc3)CC(NC(C)=O)CCN2C)cc1. The molecule has 1 fully saturated rings. The molecule has 1 heterocycles. The number of amides is 1. The predicted octanol–water partition coefficient (Wildman–Crippen LogP) is 3.14. The van der Waals surface area contributed by atoms with Gasteiger partial charge in [0.05, 0.1) is 18.2 Å². The Morgan fingerprint density at radius 1 is 1.14 bits per heavy atom. The highest BCUT2D eigenvalue weighted by molar-refractivity contribution is 5.89. The van der Waals surface area contributed by atoms with Crippen molar-refractivity contribution in [3.05, 3.63) is 71.3 Å². The fourth-order valence-electron chi connectivity index (χ4n) is 4.25. The van der Waals surface area contributed by atoms with Crippen molar-refractivity contribution in [2.75, 3.05) is 20.7 Å². The molecule has 1 aliphatic rings. The van der Waals surface area contributed by atoms with E-state index in [0.29, 0.717) is 5.56 Å². The van der Waals surface area contributed by atoms with Crippen LogP contribution in [0.2, 0.25) is 0 Å². The molecule has 28 heavy (non-hydrogen) atoms. The third-order valence-electron chi connectivity index (χ3n) is 5.72. The van der Waals surface area contributed by atoms with Gasteiger partial charge in [0.25, 0.3) is 0 Å². The first-order valence-corrected chi connectivity index (χ1v) is 9.66. The molecule has 2 atom stereocenters. The maximum absolute atomic E-state index is 11.7. The number of hydrogen-bond donors (Lipinski definition) is 1. The van der Waals surface area contributed by atoms with Gasteiger partial charge in [0.15, 0.2) is 0 Å². The lowest BCUT2D eigenvalue weighted by Gasteiger charge is -2.49. The zero-order chi connectivity index (χ0) is 20.1. The molecule has 5 nitrogen and oxygen atoms in total. The highest BCUT2D eigenvalue weighted by Crippen LogP contribution is 2.39. The van der Waals surface area contributed by atoms with Gasteiger partial charge in [0, 0.05) is 19.5 Å². The Kier molecular flexibility index (Phi) is 6.15. The molecule has 0 aromatic heterocycles. The van der Waals surface area contributed by atoms with E-state index >= 15 is 0 Å². The number of carbonyl (C=O) groups excluding carboxylic acids is 2. The molecular formula is C23H28N2O3. The molecule has 148 valence electrons. The summed E-state index contributed by atoms with van der Waals surface area (Å²) >= 11 is 0. The van der Waals surface area contributed by atoms with E-state index in [1.165, 1.54) is 12.7 Å². The minimum Gasteiger partial charge on any atom is -0.465 e. The van der Waals surface area contributed by atoms with Crippen LogP contribution in [0.25, 0.3) is 0 Å². The number of methoxy groups -OCH3 is 1. The summed E-state index contributed by atoms with van der Waals surface area (Å²) in [6, 6.07) is 18.2. The summed E-state index contributed by atoms with van der Waals surface area (Å²) in [5.41, 5.74) is 2.71. The Morgan fingerprint density at radius 2 is 1.82 bits per heavy atom. The van der Waals surface area contributed by atoms with Crippen LogP contribution in [-0.2, 0) is 21.5 Å². The lowest BCUT2D eigenvalue weighted by molar-refractivity contribution is -0.120. The summed E-state index contributed by atoms with van der Waals surface area (Å²) in [5.74, 6) is -0.316. The van der Waals surface area contributed by atoms with Gasteiger partial charge in [0.1, 0.15) is 0 Å². The van der Waals surface area contributed by atoms with Gasteiger partial charge in [-0.15, -0.1) is 0 Å². The van der Waals surface area contributed by atoms with Crippen LogP contribution in [0.4, 0.5) is 0 Å². The summed E-state index contributed by atoms with van der Waals surface area (Å²) in [7, 11) is 3.54. The summed E-state index contributed by atoms with van der Waals surface area (Å²) in [6.45, 7) is 2.48. The van der Waals surface area contributed by atoms with Gasteiger partial charge < -0.3 is 10.1 Å². The van der Waals surface area contributed by atoms with E-state index in [4.69, 9.17) is 4.74 Å². The smallest absolute Gasteiger partial charge is 0.337 e. The first-order valence-electron chi connectivity index (χ1n) is 9.66. The fourth-order valence-corrected chi connectivity index (χ4v) is 4.25. The molecule has 2 unspecified atom stereocenters. The average molecular weight is 380 g/mol. The van der Waals surface area contributed by atoms with Crippen molar-refractivity contribution >= 4 is 11.9 Å². The van der Waals surface area contributed by atoms with Crippen LogP contribution in [0.1, 0.15) is 41.3 Å². The van der Waals surface area contributed by atoms with Gasteiger partial charge in [-0.25, -0.2) is 4.79 Å². The molecule has 2 aromatic rings. The number of hydrogen-bond acceptors (Lipinski definition) is 4. The zero-order valence-corrected chi connectivity index (χ0v) is 16.8. The van der Waals surface area contributed by atoms with E-state index < -0.39 is 0 Å². The van der Waals surface area contributed by atoms with Crippen LogP contribution < -0.4 is 5.32 Å². The first kappa shape index (κ1) is 20.1. The second-order valence-corrected chi connectivity index (χ2v) is 7.57. The molecular weight excluding hydrogens is 352 g/mol. The van der Waals surface area contributed by atoms with Crippen molar-refractivity contribution < 1.29 is 14.3 Å². The van der Waals surface area contributed by atoms with Crippen LogP contribution in [0.5, 0.6) is 0 Å². The number of likely N-dealkylation sites (tertiary alicyclic amines) is 1. The predicted molar refractivity (Wildman–Crippen MR) is 109 cm³/mol. The van der Waals surface area contributed by atoms with Crippen molar-refractivity contribution in [3.8, 4) is 0 Å². The van der Waals surface area contributed by atoms with Crippen molar-refractivity contribution in [1.82, 2.24) is 10.2 Å². The molecule has 1 aliphatic heterocycles. The topological polar surface area (TPSA) is 58.6 Å². The minimum atomic E-state index is -0.329. The van der Waals surface area contributed by atoms with Crippen molar-refractivity contribution in [3.63, 3.8) is 0 Å². The molecule has 1 amide bonds. The van der Waals surface area contributed by atoms with E-state index in [9.17, 15) is 9.59 Å². The summed E-state index contributed by atoms with van der Waals surface area (Å²) < 4.78 is 4.80. The lowest BCUT2D eigenvalue weighted by Crippen LogP contribution is -2.55. The number of carbonyl (C=O) groups is 2. The largest absolute Gasteiger partial charge is 0.465 e. The van der Waals surface area contributed by atoms with Gasteiger partial charge in [0.2, 0.25) is 5.91 Å². The van der Waals surface area contributed by atoms with Crippen LogP contribution in [0.15, 0.2) is 54.6 Å². The number of rotatable bonds is 5. The Bertz CT molecular complexity index is 820. The van der Waals surface area contributed by atoms with Crippen LogP contribution in [0.3, 0.4) is 0 Å². The maximum Gasteiger partial charge on any atom is 0.337 e. The Morgan fingerprint density at radius 3 is 2.43 bits per heavy atom. The third-order valence-corrected chi connectivity index (χ3v) is 5.72. The van der Waals surface area contributed by atoms with Crippen molar-refractivity contribution in [1.29, 1.82) is 0 Å². The van der Waals surface area contributed by atoms with Crippen LogP contribution in [0, 0.1) is 0 Å². The highest BCUT2D eigenvalue weighted by Gasteiger charge is 2.42. The van der Waals surface area contributed by atoms with Gasteiger partial charge in [-0.2, -0.15) is 0 Å². The Balaban J connectivity index is 1.95. The molecule has 0 aliphatic carbocycles. The number of ether oxygens (including phenoxy) is 1. The quantitative estimate of drug-likeness (QED) is 0.810. The van der Waals surface area contributed by atoms with Gasteiger partial charge >= 0.3 is 5.97 Å². The Labute approximate surface area is 166 Å². The molecule has 1 N–H and O–H groups in total. The van der Waals surface area contributed by atoms with Crippen molar-refractivity contribution in [2.24, 2.45) is 0 Å². The molecule has 0 radical (unpaired) electrons. The summed E-state index contributed by atoms with van der Waals surface area (Å²) in [5, 5.41) is 3.12. The maximum atomic E-state index is 11.7. The number of nitrogens with zero attached hydrogens (tertiary/aromatic N) is 1. The number of piperidine rings is 1. The van der Waals surface area contributed by atoms with Crippen LogP contribution >= 0.6 is 0 Å². The normalized spacial score (nSPS) is 22.5. The Hall–Kier alpha value is -2.66. The number of benzene rings is 2. The second kappa shape index (κ2) is 8.57. The van der Waals surface area contributed by atoms with E-state index in [1.807, 2.05) is 30.3 Å². The van der Waals surface area contributed by atoms with Crippen molar-refractivity contribution in [2.45, 2.75) is 37.8 Å². The minimum absolute atomic E-state index is 0.0129. The molecule has 0 spiro atoms. The first-order chi connectivity index (χ1) is 13.4. The zero-order valence-electron chi connectivity index (χ0n) is 16.8. The van der Waals surface area contributed by atoms with E-state index in [0.717, 1.165) is 31.4 Å². The monoisotopic (exact) mass is 380 g/mol. The van der Waals surface area contributed by atoms with E-state index in [2.05, 4.69) is 41.5 Å². The van der Waals surface area contributed by atoms with Crippen LogP contribution in [-0.4, -0.2) is 43.5 Å². The molecule has 5 heteroatoms. The second-order valence-electron chi connectivity index (χ2n) is 7.57. The average Bonchev–Trinajstić information content (AvgIpc) is 2.70. The standard InChI is InChI=1S/C23H28N2O3/c1-17(26)24-21-13-14-25(2)23(16-21,20-7-5-4-6-8-20)15-18-9-11-19(12-10-18)22(27)28-3/h4-12,21H,13-16H2,1-3H3,(H,24,26). The summed E-state index contributed by atoms with van der Waals surface area (Å²) in [6.07, 6.45) is 2.57. The molecule has 0 bridgehead atoms. The van der Waals surface area contributed by atoms with Gasteiger partial charge in [-0.1, -0.05) is 42.5 Å². The molecule has 3 rings (SSSR count). The van der Waals surface area contributed by atoms with E-state index in [1.54, 1.807) is 6.92 Å². The van der Waals surface area contributed by atoms with E-state index in [-0.39, 0.29) is 23.5 Å². The van der Waals surface area contributed by atoms with Gasteiger partial charge in [-0.05, 0) is 49.6 Å². The summed E-state index contributed by atoms with van der Waals surface area (Å²) in [4.78, 5) is 25.8. The van der Waals surface area contributed by atoms with Gasteiger partial charge in [-0.3, -0.25) is 9.69 Å². The number of esters is 1. The molecule has 1 saturated heterocycles. The highest BCUT2D eigenvalue weighted by atomic mass is 16.5. The molecule has 0 saturated carbocycles. The fraction of sp³-hybridized carbons (Fsp3) is 0.391.